The van der Waals surface area contributed by atoms with Gasteiger partial charge in [-0.25, -0.2) is 0 Å². The lowest BCUT2D eigenvalue weighted by Crippen LogP contribution is -2.52. The van der Waals surface area contributed by atoms with E-state index in [0.29, 0.717) is 5.69 Å². The zero-order valence-electron chi connectivity index (χ0n) is 11.5. The lowest BCUT2D eigenvalue weighted by molar-refractivity contribution is -0.0749. The first kappa shape index (κ1) is 13.6. The SMILES string of the molecule is CC1CN(c2cccnc2/C(N)=N/O)CC(C)(C)O1. The highest BCUT2D eigenvalue weighted by atomic mass is 16.5. The molecule has 1 fully saturated rings. The molecule has 0 saturated carbocycles. The number of morpholine rings is 1. The minimum Gasteiger partial charge on any atom is -0.409 e. The van der Waals surface area contributed by atoms with Crippen LogP contribution in [-0.2, 0) is 4.74 Å². The number of aromatic nitrogens is 1. The van der Waals surface area contributed by atoms with E-state index in [2.05, 4.69) is 28.9 Å². The first-order valence-corrected chi connectivity index (χ1v) is 6.28. The summed E-state index contributed by atoms with van der Waals surface area (Å²) in [7, 11) is 0. The summed E-state index contributed by atoms with van der Waals surface area (Å²) in [6, 6.07) is 3.77. The fourth-order valence-corrected chi connectivity index (χ4v) is 2.53. The lowest BCUT2D eigenvalue weighted by Gasteiger charge is -2.43. The van der Waals surface area contributed by atoms with Crippen molar-refractivity contribution in [1.29, 1.82) is 0 Å². The minimum atomic E-state index is -0.240. The zero-order chi connectivity index (χ0) is 14.0. The molecule has 6 nitrogen and oxygen atoms in total. The molecule has 1 aliphatic rings. The maximum Gasteiger partial charge on any atom is 0.190 e. The number of hydrogen-bond donors (Lipinski definition) is 2. The third-order valence-corrected chi connectivity index (χ3v) is 3.05. The van der Waals surface area contributed by atoms with E-state index in [1.807, 2.05) is 19.1 Å². The van der Waals surface area contributed by atoms with Crippen molar-refractivity contribution < 1.29 is 9.94 Å². The highest BCUT2D eigenvalue weighted by molar-refractivity contribution is 6.00. The van der Waals surface area contributed by atoms with Gasteiger partial charge in [-0.3, -0.25) is 4.98 Å². The molecule has 2 heterocycles. The molecule has 2 rings (SSSR count). The van der Waals surface area contributed by atoms with E-state index in [-0.39, 0.29) is 17.5 Å². The number of anilines is 1. The molecular weight excluding hydrogens is 244 g/mol. The van der Waals surface area contributed by atoms with Gasteiger partial charge in [0.25, 0.3) is 0 Å². The number of ether oxygens (including phenoxy) is 1. The Labute approximate surface area is 112 Å². The summed E-state index contributed by atoms with van der Waals surface area (Å²) in [6.45, 7) is 7.62. The van der Waals surface area contributed by atoms with Crippen molar-refractivity contribution in [3.63, 3.8) is 0 Å². The average molecular weight is 264 g/mol. The number of nitrogens with two attached hydrogens (primary N) is 1. The van der Waals surface area contributed by atoms with Crippen LogP contribution in [0, 0.1) is 0 Å². The van der Waals surface area contributed by atoms with Crippen molar-refractivity contribution in [3.05, 3.63) is 24.0 Å². The summed E-state index contributed by atoms with van der Waals surface area (Å²) >= 11 is 0. The molecular formula is C13H20N4O2. The second-order valence-corrected chi connectivity index (χ2v) is 5.43. The third kappa shape index (κ3) is 2.96. The summed E-state index contributed by atoms with van der Waals surface area (Å²) in [4.78, 5) is 6.36. The van der Waals surface area contributed by atoms with Gasteiger partial charge in [0, 0.05) is 19.3 Å². The van der Waals surface area contributed by atoms with Crippen LogP contribution in [0.15, 0.2) is 23.5 Å². The van der Waals surface area contributed by atoms with E-state index in [0.717, 1.165) is 18.8 Å². The minimum absolute atomic E-state index is 0.0209. The van der Waals surface area contributed by atoms with Crippen LogP contribution in [0.1, 0.15) is 26.5 Å². The van der Waals surface area contributed by atoms with E-state index >= 15 is 0 Å². The van der Waals surface area contributed by atoms with Crippen LogP contribution >= 0.6 is 0 Å². The van der Waals surface area contributed by atoms with Crippen LogP contribution in [0.4, 0.5) is 5.69 Å². The number of oxime groups is 1. The maximum atomic E-state index is 8.85. The van der Waals surface area contributed by atoms with Gasteiger partial charge >= 0.3 is 0 Å². The van der Waals surface area contributed by atoms with Gasteiger partial charge in [0.1, 0.15) is 5.69 Å². The Morgan fingerprint density at radius 1 is 1.63 bits per heavy atom. The van der Waals surface area contributed by atoms with E-state index in [1.165, 1.54) is 0 Å². The number of rotatable bonds is 2. The fourth-order valence-electron chi connectivity index (χ4n) is 2.53. The molecule has 1 saturated heterocycles. The normalized spacial score (nSPS) is 23.4. The molecule has 19 heavy (non-hydrogen) atoms. The largest absolute Gasteiger partial charge is 0.409 e. The van der Waals surface area contributed by atoms with Crippen molar-refractivity contribution in [3.8, 4) is 0 Å². The predicted octanol–water partition coefficient (Wildman–Crippen LogP) is 1.18. The summed E-state index contributed by atoms with van der Waals surface area (Å²) in [5, 5.41) is 11.9. The number of hydrogen-bond acceptors (Lipinski definition) is 5. The van der Waals surface area contributed by atoms with Gasteiger partial charge in [0.05, 0.1) is 17.4 Å². The molecule has 104 valence electrons. The van der Waals surface area contributed by atoms with E-state index in [1.54, 1.807) is 6.20 Å². The zero-order valence-corrected chi connectivity index (χ0v) is 11.5. The van der Waals surface area contributed by atoms with Gasteiger partial charge in [-0.15, -0.1) is 0 Å². The van der Waals surface area contributed by atoms with Crippen molar-refractivity contribution >= 4 is 11.5 Å². The highest BCUT2D eigenvalue weighted by Gasteiger charge is 2.32. The van der Waals surface area contributed by atoms with Crippen molar-refractivity contribution in [2.24, 2.45) is 10.9 Å². The van der Waals surface area contributed by atoms with Crippen LogP contribution in [0.2, 0.25) is 0 Å². The van der Waals surface area contributed by atoms with E-state index in [4.69, 9.17) is 15.7 Å². The molecule has 3 N–H and O–H groups in total. The summed E-state index contributed by atoms with van der Waals surface area (Å²) < 4.78 is 5.88. The van der Waals surface area contributed by atoms with Crippen molar-refractivity contribution in [2.75, 3.05) is 18.0 Å². The van der Waals surface area contributed by atoms with Crippen LogP contribution in [0.25, 0.3) is 0 Å². The number of nitrogens with zero attached hydrogens (tertiary/aromatic N) is 3. The number of amidine groups is 1. The fraction of sp³-hybridized carbons (Fsp3) is 0.538. The third-order valence-electron chi connectivity index (χ3n) is 3.05. The number of pyridine rings is 1. The standard InChI is InChI=1S/C13H20N4O2/c1-9-7-17(8-13(2,3)19-9)10-5-4-6-15-11(10)12(14)16-18/h4-6,9,18H,7-8H2,1-3H3,(H2,14,16). The van der Waals surface area contributed by atoms with Crippen LogP contribution in [0.5, 0.6) is 0 Å². The summed E-state index contributed by atoms with van der Waals surface area (Å²) in [5.74, 6) is 0.0209. The van der Waals surface area contributed by atoms with Crippen LogP contribution in [-0.4, -0.2) is 40.8 Å². The first-order valence-electron chi connectivity index (χ1n) is 6.28. The van der Waals surface area contributed by atoms with Crippen molar-refractivity contribution in [1.82, 2.24) is 4.98 Å². The average Bonchev–Trinajstić information content (AvgIpc) is 2.35. The Balaban J connectivity index is 2.36. The van der Waals surface area contributed by atoms with Gasteiger partial charge in [-0.05, 0) is 32.9 Å². The molecule has 0 amide bonds. The van der Waals surface area contributed by atoms with Gasteiger partial charge < -0.3 is 20.6 Å². The van der Waals surface area contributed by atoms with E-state index < -0.39 is 0 Å². The maximum absolute atomic E-state index is 8.85. The van der Waals surface area contributed by atoms with Gasteiger partial charge in [-0.2, -0.15) is 0 Å². The van der Waals surface area contributed by atoms with E-state index in [9.17, 15) is 0 Å². The molecule has 1 aliphatic heterocycles. The topological polar surface area (TPSA) is 84.0 Å². The van der Waals surface area contributed by atoms with Gasteiger partial charge in [0.2, 0.25) is 0 Å². The molecule has 0 aliphatic carbocycles. The van der Waals surface area contributed by atoms with Gasteiger partial charge in [0.15, 0.2) is 5.84 Å². The summed E-state index contributed by atoms with van der Waals surface area (Å²) in [6.07, 6.45) is 1.75. The Hall–Kier alpha value is -1.82. The first-order chi connectivity index (χ1) is 8.93. The predicted molar refractivity (Wildman–Crippen MR) is 73.6 cm³/mol. The Bertz CT molecular complexity index is 487. The monoisotopic (exact) mass is 264 g/mol. The Kier molecular flexibility index (Phi) is 3.61. The smallest absolute Gasteiger partial charge is 0.190 e. The summed E-state index contributed by atoms with van der Waals surface area (Å²) in [5.41, 5.74) is 6.80. The van der Waals surface area contributed by atoms with Crippen molar-refractivity contribution in [2.45, 2.75) is 32.5 Å². The Morgan fingerprint density at radius 2 is 2.37 bits per heavy atom. The molecule has 0 aromatic carbocycles. The second kappa shape index (κ2) is 5.05. The lowest BCUT2D eigenvalue weighted by atomic mass is 10.0. The molecule has 1 atom stereocenters. The van der Waals surface area contributed by atoms with Crippen LogP contribution < -0.4 is 10.6 Å². The quantitative estimate of drug-likeness (QED) is 0.363. The molecule has 1 aromatic rings. The molecule has 1 unspecified atom stereocenters. The Morgan fingerprint density at radius 3 is 3.00 bits per heavy atom. The molecule has 0 radical (unpaired) electrons. The molecule has 1 aromatic heterocycles. The van der Waals surface area contributed by atoms with Crippen LogP contribution in [0.3, 0.4) is 0 Å². The molecule has 0 spiro atoms. The van der Waals surface area contributed by atoms with Gasteiger partial charge in [-0.1, -0.05) is 5.16 Å². The molecule has 6 heteroatoms. The highest BCUT2D eigenvalue weighted by Crippen LogP contribution is 2.27. The second-order valence-electron chi connectivity index (χ2n) is 5.43. The molecule has 0 bridgehead atoms.